The zero-order valence-electron chi connectivity index (χ0n) is 8.71. The average molecular weight is 252 g/mol. The minimum absolute atomic E-state index is 1.38. The number of hydrogen-bond acceptors (Lipinski definition) is 4. The van der Waals surface area contributed by atoms with Crippen LogP contribution in [0.25, 0.3) is 0 Å². The minimum Gasteiger partial charge on any atom is -0.136 e. The first kappa shape index (κ1) is 13.9. The summed E-state index contributed by atoms with van der Waals surface area (Å²) in [4.78, 5) is 4.20. The van der Waals surface area contributed by atoms with Crippen LogP contribution in [0, 0.1) is 0 Å². The molecule has 0 unspecified atom stereocenters. The SMILES string of the molecule is CS/C=C(SC)/C(SC)=C(\C)SC. The van der Waals surface area contributed by atoms with E-state index in [1.807, 2.05) is 35.3 Å². The van der Waals surface area contributed by atoms with Crippen LogP contribution in [0.1, 0.15) is 6.92 Å². The van der Waals surface area contributed by atoms with Gasteiger partial charge in [-0.1, -0.05) is 0 Å². The van der Waals surface area contributed by atoms with Crippen molar-refractivity contribution in [3.05, 3.63) is 20.1 Å². The third-order valence-electron chi connectivity index (χ3n) is 1.50. The summed E-state index contributed by atoms with van der Waals surface area (Å²) in [6, 6.07) is 0. The number of hydrogen-bond donors (Lipinski definition) is 0. The lowest BCUT2D eigenvalue weighted by Crippen LogP contribution is -1.83. The van der Waals surface area contributed by atoms with E-state index in [1.165, 1.54) is 14.7 Å². The fourth-order valence-corrected chi connectivity index (χ4v) is 4.14. The first-order valence-electron chi connectivity index (χ1n) is 3.77. The van der Waals surface area contributed by atoms with Gasteiger partial charge in [0.2, 0.25) is 0 Å². The molecule has 0 fully saturated rings. The maximum absolute atomic E-state index is 2.22. The van der Waals surface area contributed by atoms with Crippen molar-refractivity contribution < 1.29 is 0 Å². The molecule has 0 aromatic heterocycles. The molecule has 0 rings (SSSR count). The van der Waals surface area contributed by atoms with Gasteiger partial charge in [0.15, 0.2) is 0 Å². The first-order valence-corrected chi connectivity index (χ1v) is 8.73. The van der Waals surface area contributed by atoms with Gasteiger partial charge in [-0.3, -0.25) is 0 Å². The fourth-order valence-electron chi connectivity index (χ4n) is 0.812. The molecule has 4 heteroatoms. The third kappa shape index (κ3) is 4.77. The highest BCUT2D eigenvalue weighted by molar-refractivity contribution is 8.10. The molecule has 0 saturated carbocycles. The summed E-state index contributed by atoms with van der Waals surface area (Å²) < 4.78 is 0. The van der Waals surface area contributed by atoms with Crippen molar-refractivity contribution in [2.45, 2.75) is 6.92 Å². The molecule has 0 aliphatic carbocycles. The molecule has 0 aliphatic rings. The first-order chi connectivity index (χ1) is 6.21. The summed E-state index contributed by atoms with van der Waals surface area (Å²) >= 11 is 7.24. The van der Waals surface area contributed by atoms with Crippen LogP contribution in [0.2, 0.25) is 0 Å². The summed E-state index contributed by atoms with van der Waals surface area (Å²) in [6.07, 6.45) is 8.50. The molecule has 0 aliphatic heterocycles. The summed E-state index contributed by atoms with van der Waals surface area (Å²) in [5, 5.41) is 2.22. The predicted molar refractivity (Wildman–Crippen MR) is 74.8 cm³/mol. The van der Waals surface area contributed by atoms with Gasteiger partial charge in [0.1, 0.15) is 0 Å². The smallest absolute Gasteiger partial charge is 0.0303 e. The van der Waals surface area contributed by atoms with Gasteiger partial charge in [-0.2, -0.15) is 0 Å². The molecule has 0 heterocycles. The second-order valence-electron chi connectivity index (χ2n) is 2.22. The Morgan fingerprint density at radius 2 is 1.54 bits per heavy atom. The topological polar surface area (TPSA) is 0 Å². The van der Waals surface area contributed by atoms with Crippen LogP contribution in [0.5, 0.6) is 0 Å². The van der Waals surface area contributed by atoms with Crippen molar-refractivity contribution in [1.29, 1.82) is 0 Å². The summed E-state index contributed by atoms with van der Waals surface area (Å²) in [7, 11) is 0. The molecule has 0 saturated heterocycles. The highest BCUT2D eigenvalue weighted by Gasteiger charge is 2.05. The Balaban J connectivity index is 4.83. The Bertz CT molecular complexity index is 206. The molecule has 0 radical (unpaired) electrons. The van der Waals surface area contributed by atoms with Crippen molar-refractivity contribution in [3.63, 3.8) is 0 Å². The standard InChI is InChI=1S/C9H16S4/c1-7(11-3)9(13-5)8(12-4)6-10-2/h6H,1-5H3/b8-6-,9-7-. The van der Waals surface area contributed by atoms with Crippen LogP contribution >= 0.6 is 47.0 Å². The van der Waals surface area contributed by atoms with Gasteiger partial charge in [-0.25, -0.2) is 0 Å². The van der Waals surface area contributed by atoms with Crippen molar-refractivity contribution in [2.24, 2.45) is 0 Å². The predicted octanol–water partition coefficient (Wildman–Crippen LogP) is 4.51. The van der Waals surface area contributed by atoms with E-state index in [-0.39, 0.29) is 0 Å². The minimum atomic E-state index is 1.38. The van der Waals surface area contributed by atoms with E-state index in [1.54, 1.807) is 11.8 Å². The van der Waals surface area contributed by atoms with Crippen LogP contribution in [0.3, 0.4) is 0 Å². The van der Waals surface area contributed by atoms with E-state index in [4.69, 9.17) is 0 Å². The molecule has 0 bridgehead atoms. The average Bonchev–Trinajstić information content (AvgIpc) is 2.17. The van der Waals surface area contributed by atoms with Gasteiger partial charge in [0.25, 0.3) is 0 Å². The second kappa shape index (κ2) is 8.21. The number of allylic oxidation sites excluding steroid dienone is 1. The van der Waals surface area contributed by atoms with Gasteiger partial charge < -0.3 is 0 Å². The van der Waals surface area contributed by atoms with Gasteiger partial charge in [-0.05, 0) is 42.3 Å². The highest BCUT2D eigenvalue weighted by Crippen LogP contribution is 2.36. The lowest BCUT2D eigenvalue weighted by Gasteiger charge is -2.09. The van der Waals surface area contributed by atoms with Crippen LogP contribution in [-0.4, -0.2) is 25.0 Å². The van der Waals surface area contributed by atoms with Crippen LogP contribution in [0.15, 0.2) is 20.1 Å². The normalized spacial score (nSPS) is 14.4. The largest absolute Gasteiger partial charge is 0.136 e. The van der Waals surface area contributed by atoms with E-state index in [2.05, 4.69) is 37.4 Å². The molecule has 0 amide bonds. The third-order valence-corrected chi connectivity index (χ3v) is 4.89. The van der Waals surface area contributed by atoms with Gasteiger partial charge in [0.05, 0.1) is 0 Å². The van der Waals surface area contributed by atoms with E-state index in [0.717, 1.165) is 0 Å². The van der Waals surface area contributed by atoms with E-state index in [0.29, 0.717) is 0 Å². The fraction of sp³-hybridized carbons (Fsp3) is 0.556. The number of rotatable bonds is 5. The van der Waals surface area contributed by atoms with E-state index < -0.39 is 0 Å². The lowest BCUT2D eigenvalue weighted by atomic mass is 10.5. The van der Waals surface area contributed by atoms with Crippen molar-refractivity contribution in [1.82, 2.24) is 0 Å². The second-order valence-corrected chi connectivity index (χ2v) is 5.61. The van der Waals surface area contributed by atoms with Crippen molar-refractivity contribution in [3.8, 4) is 0 Å². The Hall–Kier alpha value is 0.880. The lowest BCUT2D eigenvalue weighted by molar-refractivity contribution is 1.64. The molecular formula is C9H16S4. The summed E-state index contributed by atoms with van der Waals surface area (Å²) in [5.41, 5.74) is 0. The molecule has 76 valence electrons. The molecular weight excluding hydrogens is 236 g/mol. The van der Waals surface area contributed by atoms with E-state index in [9.17, 15) is 0 Å². The van der Waals surface area contributed by atoms with Crippen molar-refractivity contribution in [2.75, 3.05) is 25.0 Å². The Morgan fingerprint density at radius 3 is 1.85 bits per heavy atom. The Labute approximate surface area is 98.8 Å². The van der Waals surface area contributed by atoms with E-state index >= 15 is 0 Å². The molecule has 0 nitrogen and oxygen atoms in total. The molecule has 0 N–H and O–H groups in total. The van der Waals surface area contributed by atoms with Gasteiger partial charge >= 0.3 is 0 Å². The van der Waals surface area contributed by atoms with Gasteiger partial charge in [-0.15, -0.1) is 47.0 Å². The summed E-state index contributed by atoms with van der Waals surface area (Å²) in [6.45, 7) is 2.18. The Kier molecular flexibility index (Phi) is 8.77. The highest BCUT2D eigenvalue weighted by atomic mass is 32.2. The molecule has 0 aromatic rings. The maximum Gasteiger partial charge on any atom is 0.0303 e. The maximum atomic E-state index is 2.22. The zero-order valence-corrected chi connectivity index (χ0v) is 12.0. The van der Waals surface area contributed by atoms with Crippen molar-refractivity contribution >= 4 is 47.0 Å². The molecule has 0 atom stereocenters. The zero-order chi connectivity index (χ0) is 10.3. The van der Waals surface area contributed by atoms with Crippen LogP contribution in [0.4, 0.5) is 0 Å². The molecule has 13 heavy (non-hydrogen) atoms. The van der Waals surface area contributed by atoms with Gasteiger partial charge in [0, 0.05) is 9.81 Å². The van der Waals surface area contributed by atoms with Crippen LogP contribution < -0.4 is 0 Å². The Morgan fingerprint density at radius 1 is 0.923 bits per heavy atom. The summed E-state index contributed by atoms with van der Waals surface area (Å²) in [5.74, 6) is 0. The number of thioether (sulfide) groups is 4. The monoisotopic (exact) mass is 252 g/mol. The quantitative estimate of drug-likeness (QED) is 0.660. The molecule has 0 aromatic carbocycles. The van der Waals surface area contributed by atoms with Crippen LogP contribution in [-0.2, 0) is 0 Å². The molecule has 0 spiro atoms.